The van der Waals surface area contributed by atoms with E-state index in [1.54, 1.807) is 0 Å². The third-order valence-electron chi connectivity index (χ3n) is 2.42. The summed E-state index contributed by atoms with van der Waals surface area (Å²) in [7, 11) is 0. The lowest BCUT2D eigenvalue weighted by Crippen LogP contribution is -2.22. The summed E-state index contributed by atoms with van der Waals surface area (Å²) in [6.45, 7) is 10.5. The summed E-state index contributed by atoms with van der Waals surface area (Å²) >= 11 is 0. The van der Waals surface area contributed by atoms with Crippen molar-refractivity contribution in [2.45, 2.75) is 6.92 Å². The molecule has 0 aliphatic heterocycles. The van der Waals surface area contributed by atoms with Crippen molar-refractivity contribution in [1.82, 2.24) is 0 Å². The molecule has 0 unspecified atom stereocenters. The average molecular weight is 276 g/mol. The summed E-state index contributed by atoms with van der Waals surface area (Å²) in [6.07, 6.45) is 1.83. The maximum Gasteiger partial charge on any atom is 0.302 e. The van der Waals surface area contributed by atoms with Gasteiger partial charge in [-0.15, -0.1) is 0 Å². The number of carbonyl (C=O) groups excluding carboxylic acids is 1. The molecule has 0 bridgehead atoms. The van der Waals surface area contributed by atoms with Gasteiger partial charge >= 0.3 is 5.97 Å². The van der Waals surface area contributed by atoms with Crippen molar-refractivity contribution in [3.05, 3.63) is 47.0 Å². The molecule has 0 aliphatic rings. The molecule has 0 aliphatic carbocycles. The standard InChI is InChI=1S/C16H20O4/c1-13-6-4-5-7-16(13)12-14(2)19-10-8-18-9-11-20-15(3)17/h4-7,12H,1-2,8-11H2,3H3/b16-12-. The van der Waals surface area contributed by atoms with Crippen LogP contribution in [0.3, 0.4) is 0 Å². The fourth-order valence-electron chi connectivity index (χ4n) is 1.47. The van der Waals surface area contributed by atoms with Crippen LogP contribution >= 0.6 is 0 Å². The first kappa shape index (κ1) is 16.0. The topological polar surface area (TPSA) is 44.8 Å². The van der Waals surface area contributed by atoms with Gasteiger partial charge in [0.2, 0.25) is 0 Å². The molecule has 0 N–H and O–H groups in total. The Kier molecular flexibility index (Phi) is 7.14. The zero-order chi connectivity index (χ0) is 14.8. The molecule has 0 amide bonds. The molecule has 1 aromatic rings. The van der Waals surface area contributed by atoms with E-state index in [-0.39, 0.29) is 12.6 Å². The Morgan fingerprint density at radius 2 is 1.80 bits per heavy atom. The highest BCUT2D eigenvalue weighted by atomic mass is 16.6. The predicted octanol–water partition coefficient (Wildman–Crippen LogP) is 0.987. The van der Waals surface area contributed by atoms with Gasteiger partial charge < -0.3 is 14.2 Å². The fourth-order valence-corrected chi connectivity index (χ4v) is 1.47. The van der Waals surface area contributed by atoms with Crippen LogP contribution < -0.4 is 10.4 Å². The molecule has 0 saturated heterocycles. The molecule has 108 valence electrons. The van der Waals surface area contributed by atoms with E-state index in [2.05, 4.69) is 13.2 Å². The summed E-state index contributed by atoms with van der Waals surface area (Å²) < 4.78 is 15.4. The Hall–Kier alpha value is -2.07. The van der Waals surface area contributed by atoms with Gasteiger partial charge in [0.1, 0.15) is 19.0 Å². The second-order valence-electron chi connectivity index (χ2n) is 4.11. The van der Waals surface area contributed by atoms with Crippen molar-refractivity contribution in [1.29, 1.82) is 0 Å². The number of ether oxygens (including phenoxy) is 3. The van der Waals surface area contributed by atoms with Crippen LogP contribution in [0.25, 0.3) is 12.7 Å². The molecule has 1 rings (SSSR count). The third-order valence-corrected chi connectivity index (χ3v) is 2.42. The quantitative estimate of drug-likeness (QED) is 0.403. The molecule has 0 spiro atoms. The Morgan fingerprint density at radius 3 is 2.45 bits per heavy atom. The number of esters is 1. The summed E-state index contributed by atoms with van der Waals surface area (Å²) in [6, 6.07) is 7.75. The molecule has 4 nitrogen and oxygen atoms in total. The molecular weight excluding hydrogens is 256 g/mol. The van der Waals surface area contributed by atoms with E-state index in [0.717, 1.165) is 10.4 Å². The van der Waals surface area contributed by atoms with Gasteiger partial charge in [-0.3, -0.25) is 4.79 Å². The van der Waals surface area contributed by atoms with Gasteiger partial charge in [0.15, 0.2) is 0 Å². The van der Waals surface area contributed by atoms with E-state index in [1.165, 1.54) is 6.92 Å². The van der Waals surface area contributed by atoms with Crippen LogP contribution in [0.15, 0.2) is 36.6 Å². The average Bonchev–Trinajstić information content (AvgIpc) is 2.40. The van der Waals surface area contributed by atoms with Gasteiger partial charge in [-0.25, -0.2) is 0 Å². The van der Waals surface area contributed by atoms with Gasteiger partial charge in [0.05, 0.1) is 13.2 Å². The highest BCUT2D eigenvalue weighted by Gasteiger charge is 1.94. The van der Waals surface area contributed by atoms with Gasteiger partial charge in [-0.05, 0) is 16.5 Å². The lowest BCUT2D eigenvalue weighted by molar-refractivity contribution is -0.142. The first-order valence-electron chi connectivity index (χ1n) is 6.38. The van der Waals surface area contributed by atoms with Crippen LogP contribution in [-0.2, 0) is 19.0 Å². The smallest absolute Gasteiger partial charge is 0.302 e. The highest BCUT2D eigenvalue weighted by Crippen LogP contribution is 1.94. The van der Waals surface area contributed by atoms with Crippen molar-refractivity contribution >= 4 is 18.6 Å². The van der Waals surface area contributed by atoms with E-state index in [1.807, 2.05) is 30.3 Å². The van der Waals surface area contributed by atoms with Gasteiger partial charge in [-0.2, -0.15) is 0 Å². The molecule has 0 heterocycles. The molecule has 0 aromatic heterocycles. The van der Waals surface area contributed by atoms with E-state index in [0.29, 0.717) is 25.6 Å². The lowest BCUT2D eigenvalue weighted by Gasteiger charge is -2.07. The number of benzene rings is 1. The second kappa shape index (κ2) is 8.93. The summed E-state index contributed by atoms with van der Waals surface area (Å²) in [4.78, 5) is 10.5. The number of rotatable bonds is 8. The minimum absolute atomic E-state index is 0.261. The third kappa shape index (κ3) is 6.75. The van der Waals surface area contributed by atoms with Crippen LogP contribution in [0, 0.1) is 0 Å². The van der Waals surface area contributed by atoms with Gasteiger partial charge in [0.25, 0.3) is 0 Å². The Labute approximate surface area is 119 Å². The van der Waals surface area contributed by atoms with Crippen LogP contribution in [0.2, 0.25) is 0 Å². The molecule has 0 radical (unpaired) electrons. The van der Waals surface area contributed by atoms with Gasteiger partial charge in [-0.1, -0.05) is 37.4 Å². The first-order valence-corrected chi connectivity index (χ1v) is 6.38. The minimum Gasteiger partial charge on any atom is -0.492 e. The van der Waals surface area contributed by atoms with E-state index < -0.39 is 0 Å². The first-order chi connectivity index (χ1) is 9.59. The Bertz CT molecular complexity index is 548. The predicted molar refractivity (Wildman–Crippen MR) is 78.2 cm³/mol. The summed E-state index contributed by atoms with van der Waals surface area (Å²) in [5.74, 6) is 0.254. The van der Waals surface area contributed by atoms with Crippen molar-refractivity contribution in [3.63, 3.8) is 0 Å². The largest absolute Gasteiger partial charge is 0.492 e. The highest BCUT2D eigenvalue weighted by molar-refractivity contribution is 5.65. The van der Waals surface area contributed by atoms with Crippen molar-refractivity contribution < 1.29 is 19.0 Å². The van der Waals surface area contributed by atoms with Crippen molar-refractivity contribution in [3.8, 4) is 0 Å². The van der Waals surface area contributed by atoms with E-state index in [9.17, 15) is 4.79 Å². The maximum atomic E-state index is 10.5. The lowest BCUT2D eigenvalue weighted by atomic mass is 10.2. The molecule has 20 heavy (non-hydrogen) atoms. The second-order valence-corrected chi connectivity index (χ2v) is 4.11. The summed E-state index contributed by atoms with van der Waals surface area (Å²) in [5.41, 5.74) is 0. The number of hydrogen-bond acceptors (Lipinski definition) is 4. The summed E-state index contributed by atoms with van der Waals surface area (Å²) in [5, 5.41) is 1.91. The molecular formula is C16H20O4. The van der Waals surface area contributed by atoms with Crippen molar-refractivity contribution in [2.24, 2.45) is 0 Å². The minimum atomic E-state index is -0.306. The Morgan fingerprint density at radius 1 is 1.15 bits per heavy atom. The number of carbonyl (C=O) groups is 1. The maximum absolute atomic E-state index is 10.5. The molecule has 0 saturated carbocycles. The van der Waals surface area contributed by atoms with Gasteiger partial charge in [0, 0.05) is 6.92 Å². The van der Waals surface area contributed by atoms with E-state index >= 15 is 0 Å². The monoisotopic (exact) mass is 276 g/mol. The van der Waals surface area contributed by atoms with Crippen LogP contribution in [-0.4, -0.2) is 32.4 Å². The van der Waals surface area contributed by atoms with Crippen LogP contribution in [0.1, 0.15) is 6.92 Å². The molecule has 4 heteroatoms. The zero-order valence-corrected chi connectivity index (χ0v) is 11.8. The van der Waals surface area contributed by atoms with Crippen LogP contribution in [0.5, 0.6) is 0 Å². The van der Waals surface area contributed by atoms with Crippen LogP contribution in [0.4, 0.5) is 0 Å². The fraction of sp³-hybridized carbons (Fsp3) is 0.312. The molecule has 1 aromatic carbocycles. The number of allylic oxidation sites excluding steroid dienone is 1. The SMILES string of the molecule is C=C(/C=c1/ccccc1=C)OCCOCCOC(C)=O. The Balaban J connectivity index is 2.21. The molecule has 0 fully saturated rings. The molecule has 0 atom stereocenters. The number of hydrogen-bond donors (Lipinski definition) is 0. The normalized spacial score (nSPS) is 11.2. The van der Waals surface area contributed by atoms with E-state index in [4.69, 9.17) is 14.2 Å². The van der Waals surface area contributed by atoms with Crippen molar-refractivity contribution in [2.75, 3.05) is 26.4 Å². The zero-order valence-electron chi connectivity index (χ0n) is 11.8.